The molecule has 0 fully saturated rings. The van der Waals surface area contributed by atoms with Crippen LogP contribution in [0.4, 0.5) is 0 Å². The minimum Gasteiger partial charge on any atom is -0.396 e. The molecule has 1 aromatic carbocycles. The van der Waals surface area contributed by atoms with Crippen LogP contribution in [-0.4, -0.2) is 34.1 Å². The second kappa shape index (κ2) is 7.96. The number of hydrogen-bond donors (Lipinski definition) is 2. The lowest BCUT2D eigenvalue weighted by Gasteiger charge is -2.09. The summed E-state index contributed by atoms with van der Waals surface area (Å²) in [5, 5.41) is 15.7. The van der Waals surface area contributed by atoms with E-state index in [1.165, 1.54) is 0 Å². The summed E-state index contributed by atoms with van der Waals surface area (Å²) < 4.78 is 0. The molecule has 136 valence electrons. The summed E-state index contributed by atoms with van der Waals surface area (Å²) >= 11 is 3.25. The third-order valence-electron chi connectivity index (χ3n) is 4.06. The first kappa shape index (κ1) is 17.8. The lowest BCUT2D eigenvalue weighted by Crippen LogP contribution is -2.24. The number of aliphatic hydroxyl groups excluding tert-OH is 1. The zero-order valence-corrected chi connectivity index (χ0v) is 16.0. The van der Waals surface area contributed by atoms with Gasteiger partial charge in [-0.2, -0.15) is 0 Å². The average molecular weight is 396 g/mol. The first-order valence-corrected chi connectivity index (χ1v) is 10.3. The highest BCUT2D eigenvalue weighted by Crippen LogP contribution is 2.35. The summed E-state index contributed by atoms with van der Waals surface area (Å²) in [5.41, 5.74) is 3.67. The van der Waals surface area contributed by atoms with Crippen molar-refractivity contribution in [2.24, 2.45) is 0 Å². The maximum atomic E-state index is 12.3. The second-order valence-electron chi connectivity index (χ2n) is 5.91. The molecule has 0 bridgehead atoms. The summed E-state index contributed by atoms with van der Waals surface area (Å²) in [4.78, 5) is 24.1. The molecule has 7 heteroatoms. The van der Waals surface area contributed by atoms with E-state index in [-0.39, 0.29) is 12.5 Å². The Morgan fingerprint density at radius 2 is 1.63 bits per heavy atom. The van der Waals surface area contributed by atoms with Gasteiger partial charge >= 0.3 is 0 Å². The number of nitrogens with zero attached hydrogens (tertiary/aromatic N) is 2. The number of carbonyl (C=O) groups is 1. The van der Waals surface area contributed by atoms with Crippen LogP contribution >= 0.6 is 22.7 Å². The van der Waals surface area contributed by atoms with Gasteiger partial charge in [-0.3, -0.25) is 4.79 Å². The molecule has 2 N–H and O–H groups in total. The Balaban J connectivity index is 1.78. The van der Waals surface area contributed by atoms with Gasteiger partial charge in [0, 0.05) is 18.7 Å². The zero-order valence-electron chi connectivity index (χ0n) is 14.4. The average Bonchev–Trinajstić information content (AvgIpc) is 3.40. The van der Waals surface area contributed by atoms with Crippen molar-refractivity contribution in [1.29, 1.82) is 0 Å². The third kappa shape index (κ3) is 3.75. The van der Waals surface area contributed by atoms with Gasteiger partial charge in [0.05, 0.1) is 20.8 Å². The van der Waals surface area contributed by atoms with Gasteiger partial charge < -0.3 is 10.4 Å². The first-order valence-electron chi connectivity index (χ1n) is 8.55. The van der Waals surface area contributed by atoms with Crippen LogP contribution in [0.3, 0.4) is 0 Å². The molecule has 5 nitrogen and oxygen atoms in total. The van der Waals surface area contributed by atoms with Gasteiger partial charge in [0.25, 0.3) is 5.91 Å². The number of aliphatic hydroxyl groups is 1. The number of fused-ring (bicyclic) bond motifs is 1. The molecule has 4 aromatic rings. The Morgan fingerprint density at radius 3 is 2.22 bits per heavy atom. The molecule has 0 radical (unpaired) electrons. The van der Waals surface area contributed by atoms with E-state index in [4.69, 9.17) is 15.1 Å². The van der Waals surface area contributed by atoms with E-state index in [0.29, 0.717) is 24.0 Å². The fourth-order valence-corrected chi connectivity index (χ4v) is 4.18. The number of amides is 1. The minimum atomic E-state index is -0.174. The van der Waals surface area contributed by atoms with Crippen LogP contribution in [0, 0.1) is 0 Å². The van der Waals surface area contributed by atoms with E-state index in [9.17, 15) is 4.79 Å². The molecule has 0 aliphatic heterocycles. The summed E-state index contributed by atoms with van der Waals surface area (Å²) in [6.07, 6.45) is 0.534. The molecular formula is C20H17N3O2S2. The summed E-state index contributed by atoms with van der Waals surface area (Å²) in [5.74, 6) is -0.174. The molecule has 0 saturated carbocycles. The number of hydrogen-bond acceptors (Lipinski definition) is 6. The maximum absolute atomic E-state index is 12.3. The van der Waals surface area contributed by atoms with Crippen LogP contribution in [0.5, 0.6) is 0 Å². The summed E-state index contributed by atoms with van der Waals surface area (Å²) in [6.45, 7) is 0.496. The predicted octanol–water partition coefficient (Wildman–Crippen LogP) is 4.20. The van der Waals surface area contributed by atoms with E-state index in [1.54, 1.807) is 34.8 Å². The van der Waals surface area contributed by atoms with Crippen molar-refractivity contribution < 1.29 is 9.90 Å². The number of rotatable bonds is 6. The summed E-state index contributed by atoms with van der Waals surface area (Å²) in [7, 11) is 0. The smallest absolute Gasteiger partial charge is 0.251 e. The fraction of sp³-hybridized carbons (Fsp3) is 0.150. The van der Waals surface area contributed by atoms with E-state index in [2.05, 4.69) is 5.32 Å². The topological polar surface area (TPSA) is 75.1 Å². The summed E-state index contributed by atoms with van der Waals surface area (Å²) in [6, 6.07) is 13.4. The Labute approximate surface area is 164 Å². The van der Waals surface area contributed by atoms with Gasteiger partial charge in [-0.05, 0) is 47.5 Å². The molecule has 0 spiro atoms. The molecule has 0 aliphatic rings. The second-order valence-corrected chi connectivity index (χ2v) is 7.81. The van der Waals surface area contributed by atoms with Gasteiger partial charge in [0.1, 0.15) is 11.4 Å². The molecule has 0 unspecified atom stereocenters. The Kier molecular flexibility index (Phi) is 5.24. The van der Waals surface area contributed by atoms with Crippen LogP contribution in [0.2, 0.25) is 0 Å². The van der Waals surface area contributed by atoms with Gasteiger partial charge in [0.2, 0.25) is 0 Å². The van der Waals surface area contributed by atoms with E-state index < -0.39 is 0 Å². The Morgan fingerprint density at radius 1 is 0.963 bits per heavy atom. The van der Waals surface area contributed by atoms with E-state index >= 15 is 0 Å². The maximum Gasteiger partial charge on any atom is 0.251 e. The van der Waals surface area contributed by atoms with Gasteiger partial charge in [-0.1, -0.05) is 12.1 Å². The monoisotopic (exact) mass is 395 g/mol. The normalized spacial score (nSPS) is 11.0. The number of thiophene rings is 2. The fourth-order valence-electron chi connectivity index (χ4n) is 2.75. The van der Waals surface area contributed by atoms with Crippen LogP contribution in [0.25, 0.3) is 32.2 Å². The van der Waals surface area contributed by atoms with Crippen molar-refractivity contribution in [3.8, 4) is 21.1 Å². The van der Waals surface area contributed by atoms with Crippen molar-refractivity contribution >= 4 is 39.6 Å². The lowest BCUT2D eigenvalue weighted by atomic mass is 10.1. The van der Waals surface area contributed by atoms with Crippen LogP contribution in [0.15, 0.2) is 53.2 Å². The lowest BCUT2D eigenvalue weighted by molar-refractivity contribution is 0.0951. The minimum absolute atomic E-state index is 0.0547. The van der Waals surface area contributed by atoms with E-state index in [0.717, 1.165) is 26.7 Å². The van der Waals surface area contributed by atoms with Crippen LogP contribution in [0.1, 0.15) is 16.8 Å². The third-order valence-corrected chi connectivity index (χ3v) is 5.81. The molecule has 3 aromatic heterocycles. The standard InChI is InChI=1S/C20H17N3O2S2/c24-9-3-8-21-20(25)13-6-7-14-15(12-13)23-19(17-5-2-11-27-17)18(22-14)16-4-1-10-26-16/h1-2,4-7,10-12,24H,3,8-9H2,(H,21,25). The van der Waals surface area contributed by atoms with Gasteiger partial charge in [-0.15, -0.1) is 22.7 Å². The molecule has 1 amide bonds. The first-order chi connectivity index (χ1) is 13.3. The van der Waals surface area contributed by atoms with Crippen molar-refractivity contribution in [1.82, 2.24) is 15.3 Å². The number of nitrogens with one attached hydrogen (secondary N) is 1. The number of benzene rings is 1. The zero-order chi connectivity index (χ0) is 18.6. The Hall–Kier alpha value is -2.61. The highest BCUT2D eigenvalue weighted by Gasteiger charge is 2.16. The van der Waals surface area contributed by atoms with Gasteiger partial charge in [-0.25, -0.2) is 9.97 Å². The highest BCUT2D eigenvalue weighted by molar-refractivity contribution is 7.14. The SMILES string of the molecule is O=C(NCCCO)c1ccc2nc(-c3cccs3)c(-c3cccs3)nc2c1. The molecular weight excluding hydrogens is 378 g/mol. The van der Waals surface area contributed by atoms with Crippen molar-refractivity contribution in [3.05, 3.63) is 58.8 Å². The molecule has 3 heterocycles. The van der Waals surface area contributed by atoms with Crippen LogP contribution in [-0.2, 0) is 0 Å². The quantitative estimate of drug-likeness (QED) is 0.480. The van der Waals surface area contributed by atoms with Crippen molar-refractivity contribution in [2.75, 3.05) is 13.2 Å². The molecule has 0 atom stereocenters. The van der Waals surface area contributed by atoms with Gasteiger partial charge in [0.15, 0.2) is 0 Å². The predicted molar refractivity (Wildman–Crippen MR) is 110 cm³/mol. The molecule has 0 saturated heterocycles. The molecule has 27 heavy (non-hydrogen) atoms. The Bertz CT molecular complexity index is 1060. The largest absolute Gasteiger partial charge is 0.396 e. The van der Waals surface area contributed by atoms with E-state index in [1.807, 2.05) is 41.1 Å². The van der Waals surface area contributed by atoms with Crippen LogP contribution < -0.4 is 5.32 Å². The number of carbonyl (C=O) groups excluding carboxylic acids is 1. The molecule has 4 rings (SSSR count). The molecule has 0 aliphatic carbocycles. The van der Waals surface area contributed by atoms with Crippen molar-refractivity contribution in [2.45, 2.75) is 6.42 Å². The highest BCUT2D eigenvalue weighted by atomic mass is 32.1. The van der Waals surface area contributed by atoms with Crippen molar-refractivity contribution in [3.63, 3.8) is 0 Å². The number of aromatic nitrogens is 2.